The molecule has 0 spiro atoms. The van der Waals surface area contributed by atoms with Crippen molar-refractivity contribution in [3.63, 3.8) is 0 Å². The third-order valence-corrected chi connectivity index (χ3v) is 2.25. The summed E-state index contributed by atoms with van der Waals surface area (Å²) in [6.07, 6.45) is 0.755. The first-order chi connectivity index (χ1) is 5.27. The molecule has 0 aromatic rings. The molecule has 0 aromatic carbocycles. The van der Waals surface area contributed by atoms with Crippen molar-refractivity contribution in [3.05, 3.63) is 0 Å². The van der Waals surface area contributed by atoms with Gasteiger partial charge in [0, 0.05) is 11.8 Å². The number of alkyl halides is 2. The number of hydrogen-bond donors (Lipinski definition) is 0. The van der Waals surface area contributed by atoms with Gasteiger partial charge in [-0.15, -0.1) is 0 Å². The molecule has 2 saturated carbocycles. The molecule has 1 nitrogen and oxygen atoms in total. The van der Waals surface area contributed by atoms with Gasteiger partial charge in [-0.05, 0) is 25.7 Å². The van der Waals surface area contributed by atoms with Gasteiger partial charge in [0.2, 0.25) is 12.7 Å². The molecule has 0 aliphatic heterocycles. The fourth-order valence-electron chi connectivity index (χ4n) is 1.06. The molecule has 3 heteroatoms. The average molecular weight is 162 g/mol. The minimum atomic E-state index is -1.34. The molecule has 2 aliphatic carbocycles. The molecular formula is C8H12F2O. The number of rotatable bonds is 4. The van der Waals surface area contributed by atoms with Gasteiger partial charge < -0.3 is 4.74 Å². The van der Waals surface area contributed by atoms with E-state index in [0.29, 0.717) is 0 Å². The van der Waals surface area contributed by atoms with Gasteiger partial charge >= 0.3 is 0 Å². The molecule has 2 unspecified atom stereocenters. The van der Waals surface area contributed by atoms with E-state index in [1.54, 1.807) is 0 Å². The van der Waals surface area contributed by atoms with Crippen LogP contribution < -0.4 is 0 Å². The van der Waals surface area contributed by atoms with Crippen LogP contribution in [-0.2, 0) is 4.74 Å². The van der Waals surface area contributed by atoms with Gasteiger partial charge in [0.1, 0.15) is 0 Å². The highest BCUT2D eigenvalue weighted by molar-refractivity contribution is 4.80. The summed E-state index contributed by atoms with van der Waals surface area (Å²) in [6.45, 7) is 0. The average Bonchev–Trinajstić information content (AvgIpc) is 2.84. The first-order valence-electron chi connectivity index (χ1n) is 4.21. The lowest BCUT2D eigenvalue weighted by Crippen LogP contribution is -2.17. The van der Waals surface area contributed by atoms with Crippen LogP contribution in [0.5, 0.6) is 0 Å². The van der Waals surface area contributed by atoms with Gasteiger partial charge in [-0.2, -0.15) is 0 Å². The van der Waals surface area contributed by atoms with Crippen molar-refractivity contribution in [3.8, 4) is 0 Å². The molecule has 11 heavy (non-hydrogen) atoms. The Hall–Kier alpha value is -0.180. The van der Waals surface area contributed by atoms with Crippen LogP contribution in [0.1, 0.15) is 25.7 Å². The molecule has 2 atom stereocenters. The first kappa shape index (κ1) is 7.47. The monoisotopic (exact) mass is 162 g/mol. The Morgan fingerprint density at radius 3 is 1.55 bits per heavy atom. The Kier molecular flexibility index (Phi) is 1.83. The SMILES string of the molecule is FC(OC(F)C1CC1)C1CC1. The highest BCUT2D eigenvalue weighted by Crippen LogP contribution is 2.40. The second-order valence-electron chi connectivity index (χ2n) is 3.51. The van der Waals surface area contributed by atoms with Gasteiger partial charge in [0.05, 0.1) is 0 Å². The molecule has 0 saturated heterocycles. The Labute approximate surface area is 64.7 Å². The van der Waals surface area contributed by atoms with Crippen LogP contribution in [0, 0.1) is 11.8 Å². The van der Waals surface area contributed by atoms with Gasteiger partial charge in [-0.25, -0.2) is 8.78 Å². The van der Waals surface area contributed by atoms with Gasteiger partial charge in [-0.1, -0.05) is 0 Å². The second-order valence-corrected chi connectivity index (χ2v) is 3.51. The summed E-state index contributed by atoms with van der Waals surface area (Å²) in [4.78, 5) is 0. The minimum Gasteiger partial charge on any atom is -0.313 e. The van der Waals surface area contributed by atoms with Crippen molar-refractivity contribution in [2.24, 2.45) is 11.8 Å². The van der Waals surface area contributed by atoms with E-state index < -0.39 is 12.7 Å². The summed E-state index contributed by atoms with van der Waals surface area (Å²) in [7, 11) is 0. The van der Waals surface area contributed by atoms with E-state index in [1.807, 2.05) is 0 Å². The number of hydrogen-bond acceptors (Lipinski definition) is 1. The van der Waals surface area contributed by atoms with E-state index in [-0.39, 0.29) is 11.8 Å². The number of ether oxygens (including phenoxy) is 1. The van der Waals surface area contributed by atoms with Crippen molar-refractivity contribution in [1.29, 1.82) is 0 Å². The second kappa shape index (κ2) is 2.70. The molecule has 0 heterocycles. The zero-order valence-electron chi connectivity index (χ0n) is 6.30. The zero-order chi connectivity index (χ0) is 7.84. The maximum atomic E-state index is 12.8. The van der Waals surface area contributed by atoms with Crippen LogP contribution in [0.3, 0.4) is 0 Å². The molecule has 0 bridgehead atoms. The summed E-state index contributed by atoms with van der Waals surface area (Å²) >= 11 is 0. The first-order valence-corrected chi connectivity index (χ1v) is 4.21. The normalized spacial score (nSPS) is 30.0. The standard InChI is InChI=1S/C8H12F2O/c9-7(5-1-2-5)11-8(10)6-3-4-6/h5-8H,1-4H2. The summed E-state index contributed by atoms with van der Waals surface area (Å²) in [5.74, 6) is -0.0148. The highest BCUT2D eigenvalue weighted by Gasteiger charge is 2.38. The molecule has 0 N–H and O–H groups in total. The van der Waals surface area contributed by atoms with Crippen LogP contribution in [0.2, 0.25) is 0 Å². The van der Waals surface area contributed by atoms with E-state index in [1.165, 1.54) is 0 Å². The van der Waals surface area contributed by atoms with Crippen LogP contribution in [0.25, 0.3) is 0 Å². The third-order valence-electron chi connectivity index (χ3n) is 2.25. The Morgan fingerprint density at radius 2 is 1.27 bits per heavy atom. The number of halogens is 2. The van der Waals surface area contributed by atoms with E-state index in [4.69, 9.17) is 0 Å². The van der Waals surface area contributed by atoms with E-state index in [2.05, 4.69) is 4.74 Å². The Bertz CT molecular complexity index is 127. The van der Waals surface area contributed by atoms with Gasteiger partial charge in [-0.3, -0.25) is 0 Å². The molecule has 64 valence electrons. The molecule has 0 aromatic heterocycles. The van der Waals surface area contributed by atoms with Crippen molar-refractivity contribution in [1.82, 2.24) is 0 Å². The molecule has 0 radical (unpaired) electrons. The van der Waals surface area contributed by atoms with Gasteiger partial charge in [0.15, 0.2) is 0 Å². The maximum absolute atomic E-state index is 12.8. The molecular weight excluding hydrogens is 150 g/mol. The maximum Gasteiger partial charge on any atom is 0.204 e. The molecule has 2 aliphatic rings. The quantitative estimate of drug-likeness (QED) is 0.616. The van der Waals surface area contributed by atoms with Crippen LogP contribution in [-0.4, -0.2) is 12.7 Å². The fourth-order valence-corrected chi connectivity index (χ4v) is 1.06. The fraction of sp³-hybridized carbons (Fsp3) is 1.00. The topological polar surface area (TPSA) is 9.23 Å². The van der Waals surface area contributed by atoms with Crippen LogP contribution in [0.4, 0.5) is 8.78 Å². The van der Waals surface area contributed by atoms with E-state index >= 15 is 0 Å². The largest absolute Gasteiger partial charge is 0.313 e. The van der Waals surface area contributed by atoms with Crippen LogP contribution >= 0.6 is 0 Å². The van der Waals surface area contributed by atoms with Crippen LogP contribution in [0.15, 0.2) is 0 Å². The lowest BCUT2D eigenvalue weighted by molar-refractivity contribution is -0.156. The van der Waals surface area contributed by atoms with Crippen molar-refractivity contribution >= 4 is 0 Å². The summed E-state index contributed by atoms with van der Waals surface area (Å²) in [6, 6.07) is 0. The Morgan fingerprint density at radius 1 is 0.909 bits per heavy atom. The minimum absolute atomic E-state index is 0.00741. The van der Waals surface area contributed by atoms with E-state index in [0.717, 1.165) is 25.7 Å². The van der Waals surface area contributed by atoms with E-state index in [9.17, 15) is 8.78 Å². The molecule has 2 rings (SSSR count). The highest BCUT2D eigenvalue weighted by atomic mass is 19.2. The van der Waals surface area contributed by atoms with Crippen molar-refractivity contribution in [2.45, 2.75) is 38.4 Å². The van der Waals surface area contributed by atoms with Crippen molar-refractivity contribution in [2.75, 3.05) is 0 Å². The lowest BCUT2D eigenvalue weighted by atomic mass is 10.4. The summed E-state index contributed by atoms with van der Waals surface area (Å²) < 4.78 is 30.1. The smallest absolute Gasteiger partial charge is 0.204 e. The predicted molar refractivity (Wildman–Crippen MR) is 36.3 cm³/mol. The summed E-state index contributed by atoms with van der Waals surface area (Å²) in [5, 5.41) is 0. The lowest BCUT2D eigenvalue weighted by Gasteiger charge is -2.11. The van der Waals surface area contributed by atoms with Gasteiger partial charge in [0.25, 0.3) is 0 Å². The van der Waals surface area contributed by atoms with Crippen molar-refractivity contribution < 1.29 is 13.5 Å². The summed E-state index contributed by atoms with van der Waals surface area (Å²) in [5.41, 5.74) is 0. The Balaban J connectivity index is 1.69. The zero-order valence-corrected chi connectivity index (χ0v) is 6.30. The molecule has 0 amide bonds. The predicted octanol–water partition coefficient (Wildman–Crippen LogP) is 2.41. The third kappa shape index (κ3) is 1.89. The molecule has 2 fully saturated rings.